The van der Waals surface area contributed by atoms with Crippen molar-refractivity contribution < 1.29 is 14.4 Å². The normalized spacial score (nSPS) is 11.8. The number of anilines is 1. The number of rotatable bonds is 8. The highest BCUT2D eigenvalue weighted by Gasteiger charge is 2.22. The molecule has 0 spiro atoms. The first-order chi connectivity index (χ1) is 13.6. The number of nitrogens with zero attached hydrogens (tertiary/aromatic N) is 3. The second kappa shape index (κ2) is 9.31. The summed E-state index contributed by atoms with van der Waals surface area (Å²) in [6.45, 7) is 1.31. The van der Waals surface area contributed by atoms with Gasteiger partial charge >= 0.3 is 0 Å². The van der Waals surface area contributed by atoms with E-state index in [-0.39, 0.29) is 12.3 Å². The van der Waals surface area contributed by atoms with E-state index in [1.807, 2.05) is 49.5 Å². The molecule has 6 nitrogen and oxygen atoms in total. The van der Waals surface area contributed by atoms with E-state index in [0.29, 0.717) is 31.1 Å². The molecule has 1 N–H and O–H groups in total. The van der Waals surface area contributed by atoms with E-state index in [2.05, 4.69) is 17.1 Å². The van der Waals surface area contributed by atoms with Crippen LogP contribution in [0, 0.1) is 11.3 Å². The minimum atomic E-state index is -0.0432. The predicted molar refractivity (Wildman–Crippen MR) is 111 cm³/mol. The molecule has 1 heterocycles. The van der Waals surface area contributed by atoms with Crippen LogP contribution in [0.5, 0.6) is 5.75 Å². The molecule has 7 heteroatoms. The Morgan fingerprint density at radius 2 is 2.00 bits per heavy atom. The van der Waals surface area contributed by atoms with Crippen LogP contribution in [0.15, 0.2) is 48.5 Å². The van der Waals surface area contributed by atoms with Crippen molar-refractivity contribution in [2.24, 2.45) is 0 Å². The first-order valence-electron chi connectivity index (χ1n) is 9.08. The first-order valence-corrected chi connectivity index (χ1v) is 9.90. The van der Waals surface area contributed by atoms with E-state index in [1.165, 1.54) is 0 Å². The molecule has 3 rings (SSSR count). The number of amides is 1. The molecule has 0 aliphatic heterocycles. The van der Waals surface area contributed by atoms with E-state index < -0.39 is 0 Å². The molecule has 2 aromatic carbocycles. The molecule has 0 radical (unpaired) electrons. The van der Waals surface area contributed by atoms with Crippen molar-refractivity contribution in [1.29, 1.82) is 5.26 Å². The van der Waals surface area contributed by atoms with Crippen LogP contribution in [0.4, 0.5) is 5.69 Å². The number of methoxy groups -OCH3 is 1. The largest absolute Gasteiger partial charge is 0.495 e. The van der Waals surface area contributed by atoms with Gasteiger partial charge in [-0.15, -0.1) is 11.3 Å². The summed E-state index contributed by atoms with van der Waals surface area (Å²) in [5.74, 6) is 0.580. The van der Waals surface area contributed by atoms with E-state index in [1.54, 1.807) is 23.3 Å². The van der Waals surface area contributed by atoms with Crippen molar-refractivity contribution in [3.05, 3.63) is 53.5 Å². The summed E-state index contributed by atoms with van der Waals surface area (Å²) >= 11 is 1.66. The number of ether oxygens (including phenoxy) is 1. The number of benzene rings is 2. The van der Waals surface area contributed by atoms with Crippen molar-refractivity contribution in [3.63, 3.8) is 0 Å². The Morgan fingerprint density at radius 3 is 2.75 bits per heavy atom. The highest BCUT2D eigenvalue weighted by atomic mass is 32.1. The molecular formula is C21H23N4O2S+. The number of aromatic nitrogens is 1. The van der Waals surface area contributed by atoms with Crippen LogP contribution >= 0.6 is 11.3 Å². The summed E-state index contributed by atoms with van der Waals surface area (Å²) in [6, 6.07) is 17.5. The van der Waals surface area contributed by atoms with Gasteiger partial charge in [0.15, 0.2) is 6.54 Å². The van der Waals surface area contributed by atoms with E-state index in [9.17, 15) is 4.79 Å². The Kier molecular flexibility index (Phi) is 6.58. The number of nitriles is 1. The highest BCUT2D eigenvalue weighted by molar-refractivity contribution is 7.18. The quantitative estimate of drug-likeness (QED) is 0.635. The summed E-state index contributed by atoms with van der Waals surface area (Å²) < 4.78 is 6.55. The van der Waals surface area contributed by atoms with Crippen LogP contribution in [-0.2, 0) is 11.3 Å². The van der Waals surface area contributed by atoms with Crippen molar-refractivity contribution in [2.45, 2.75) is 13.0 Å². The lowest BCUT2D eigenvalue weighted by Gasteiger charge is -2.24. The second-order valence-electron chi connectivity index (χ2n) is 6.51. The number of thiazole rings is 1. The third-order valence-electron chi connectivity index (χ3n) is 4.37. The standard InChI is InChI=1S/C21H22N4O2S/c1-24(14-20-23-16-8-3-6-11-19(16)28-20)15-21(26)25(13-7-12-22)17-9-4-5-10-18(17)27-2/h3-6,8-11H,7,13-15H2,1-2H3/p+1. The van der Waals surface area contributed by atoms with Crippen LogP contribution in [0.2, 0.25) is 0 Å². The Labute approximate surface area is 168 Å². The molecule has 0 aliphatic rings. The van der Waals surface area contributed by atoms with Crippen LogP contribution in [-0.4, -0.2) is 38.1 Å². The molecule has 0 bridgehead atoms. The molecule has 0 aliphatic carbocycles. The van der Waals surface area contributed by atoms with Crippen molar-refractivity contribution in [1.82, 2.24) is 4.98 Å². The van der Waals surface area contributed by atoms with Crippen LogP contribution in [0.1, 0.15) is 11.4 Å². The van der Waals surface area contributed by atoms with E-state index >= 15 is 0 Å². The lowest BCUT2D eigenvalue weighted by Crippen LogP contribution is -3.09. The average molecular weight is 396 g/mol. The lowest BCUT2D eigenvalue weighted by atomic mass is 10.2. The average Bonchev–Trinajstić information content (AvgIpc) is 3.10. The Morgan fingerprint density at radius 1 is 1.25 bits per heavy atom. The van der Waals surface area contributed by atoms with Crippen molar-refractivity contribution in [2.75, 3.05) is 32.1 Å². The number of carbonyl (C=O) groups is 1. The van der Waals surface area contributed by atoms with Gasteiger partial charge in [-0.2, -0.15) is 5.26 Å². The van der Waals surface area contributed by atoms with Gasteiger partial charge in [0, 0.05) is 6.54 Å². The molecule has 0 saturated carbocycles. The van der Waals surface area contributed by atoms with Crippen molar-refractivity contribution in [3.8, 4) is 11.8 Å². The zero-order valence-electron chi connectivity index (χ0n) is 16.0. The summed E-state index contributed by atoms with van der Waals surface area (Å²) in [5.41, 5.74) is 1.68. The molecule has 0 fully saturated rings. The van der Waals surface area contributed by atoms with Gasteiger partial charge in [-0.1, -0.05) is 24.3 Å². The monoisotopic (exact) mass is 395 g/mol. The van der Waals surface area contributed by atoms with Crippen LogP contribution in [0.3, 0.4) is 0 Å². The molecule has 1 atom stereocenters. The predicted octanol–water partition coefficient (Wildman–Crippen LogP) is 2.27. The maximum absolute atomic E-state index is 13.0. The van der Waals surface area contributed by atoms with Gasteiger partial charge in [0.05, 0.1) is 42.6 Å². The van der Waals surface area contributed by atoms with E-state index in [0.717, 1.165) is 20.1 Å². The van der Waals surface area contributed by atoms with Gasteiger partial charge < -0.3 is 14.5 Å². The number of carbonyl (C=O) groups excluding carboxylic acids is 1. The van der Waals surface area contributed by atoms with Gasteiger partial charge in [0.25, 0.3) is 5.91 Å². The fourth-order valence-electron chi connectivity index (χ4n) is 3.06. The van der Waals surface area contributed by atoms with Crippen LogP contribution < -0.4 is 14.5 Å². The van der Waals surface area contributed by atoms with Gasteiger partial charge in [0.1, 0.15) is 17.3 Å². The van der Waals surface area contributed by atoms with Gasteiger partial charge in [-0.25, -0.2) is 4.98 Å². The summed E-state index contributed by atoms with van der Waals surface area (Å²) in [7, 11) is 3.56. The fourth-order valence-corrected chi connectivity index (χ4v) is 4.15. The van der Waals surface area contributed by atoms with Crippen molar-refractivity contribution >= 4 is 33.1 Å². The third kappa shape index (κ3) is 4.66. The summed E-state index contributed by atoms with van der Waals surface area (Å²) in [6.07, 6.45) is 0.265. The minimum Gasteiger partial charge on any atom is -0.495 e. The van der Waals surface area contributed by atoms with Gasteiger partial charge in [-0.05, 0) is 24.3 Å². The fraction of sp³-hybridized carbons (Fsp3) is 0.286. The van der Waals surface area contributed by atoms with Gasteiger partial charge in [0.2, 0.25) is 0 Å². The number of para-hydroxylation sites is 3. The topological polar surface area (TPSA) is 70.7 Å². The molecule has 28 heavy (non-hydrogen) atoms. The number of quaternary nitrogens is 1. The highest BCUT2D eigenvalue weighted by Crippen LogP contribution is 2.27. The Balaban J connectivity index is 1.72. The zero-order valence-corrected chi connectivity index (χ0v) is 16.8. The first kappa shape index (κ1) is 19.8. The molecule has 1 amide bonds. The van der Waals surface area contributed by atoms with Crippen LogP contribution in [0.25, 0.3) is 10.2 Å². The Hall–Kier alpha value is -2.95. The molecule has 1 unspecified atom stereocenters. The molecule has 3 aromatic rings. The van der Waals surface area contributed by atoms with E-state index in [4.69, 9.17) is 10.00 Å². The maximum Gasteiger partial charge on any atom is 0.282 e. The van der Waals surface area contributed by atoms with Gasteiger partial charge in [-0.3, -0.25) is 4.79 Å². The number of likely N-dealkylation sites (N-methyl/N-ethyl adjacent to an activating group) is 1. The number of fused-ring (bicyclic) bond motifs is 1. The molecule has 0 saturated heterocycles. The number of nitrogens with one attached hydrogen (secondary N) is 1. The number of hydrogen-bond acceptors (Lipinski definition) is 5. The maximum atomic E-state index is 13.0. The summed E-state index contributed by atoms with van der Waals surface area (Å²) in [4.78, 5) is 20.3. The zero-order chi connectivity index (χ0) is 19.9. The SMILES string of the molecule is COc1ccccc1N(CCC#N)C(=O)C[NH+](C)Cc1nc2ccccc2s1. The minimum absolute atomic E-state index is 0.0432. The third-order valence-corrected chi connectivity index (χ3v) is 5.40. The smallest absolute Gasteiger partial charge is 0.282 e. The summed E-state index contributed by atoms with van der Waals surface area (Å²) in [5, 5.41) is 9.99. The molecule has 144 valence electrons. The molecular weight excluding hydrogens is 372 g/mol. The Bertz CT molecular complexity index is 962. The second-order valence-corrected chi connectivity index (χ2v) is 7.63. The lowest BCUT2D eigenvalue weighted by molar-refractivity contribution is -0.885. The molecule has 1 aromatic heterocycles. The number of hydrogen-bond donors (Lipinski definition) is 1.